The Balaban J connectivity index is 1.76. The monoisotopic (exact) mass is 300 g/mol. The SMILES string of the molecule is CCOc1ccc(-c2nccn2CC2CCCCN2C)cn1. The number of hydrogen-bond acceptors (Lipinski definition) is 4. The Bertz CT molecular complexity index is 593. The predicted octanol–water partition coefficient (Wildman–Crippen LogP) is 2.83. The number of aromatic nitrogens is 3. The lowest BCUT2D eigenvalue weighted by Gasteiger charge is -2.33. The van der Waals surface area contributed by atoms with E-state index in [0.29, 0.717) is 18.5 Å². The molecule has 1 saturated heterocycles. The maximum absolute atomic E-state index is 5.40. The van der Waals surface area contributed by atoms with E-state index in [0.717, 1.165) is 17.9 Å². The van der Waals surface area contributed by atoms with E-state index >= 15 is 0 Å². The van der Waals surface area contributed by atoms with Gasteiger partial charge in [-0.1, -0.05) is 6.42 Å². The third-order valence-corrected chi connectivity index (χ3v) is 4.33. The van der Waals surface area contributed by atoms with E-state index < -0.39 is 0 Å². The first kappa shape index (κ1) is 15.0. The second kappa shape index (κ2) is 6.92. The van der Waals surface area contributed by atoms with Gasteiger partial charge in [0.15, 0.2) is 0 Å². The molecule has 0 N–H and O–H groups in total. The normalized spacial score (nSPS) is 19.3. The van der Waals surface area contributed by atoms with E-state index in [1.165, 1.54) is 25.8 Å². The molecule has 0 aliphatic carbocycles. The summed E-state index contributed by atoms with van der Waals surface area (Å²) < 4.78 is 7.64. The van der Waals surface area contributed by atoms with Crippen LogP contribution in [0, 0.1) is 0 Å². The van der Waals surface area contributed by atoms with Crippen LogP contribution in [-0.4, -0.2) is 45.7 Å². The van der Waals surface area contributed by atoms with Crippen LogP contribution in [0.4, 0.5) is 0 Å². The van der Waals surface area contributed by atoms with Gasteiger partial charge in [0.2, 0.25) is 5.88 Å². The van der Waals surface area contributed by atoms with Gasteiger partial charge < -0.3 is 14.2 Å². The molecule has 1 fully saturated rings. The third-order valence-electron chi connectivity index (χ3n) is 4.33. The molecule has 1 aliphatic rings. The van der Waals surface area contributed by atoms with Crippen molar-refractivity contribution >= 4 is 0 Å². The van der Waals surface area contributed by atoms with Crippen molar-refractivity contribution in [1.82, 2.24) is 19.4 Å². The van der Waals surface area contributed by atoms with Gasteiger partial charge in [0.1, 0.15) is 5.82 Å². The Hall–Kier alpha value is -1.88. The van der Waals surface area contributed by atoms with Gasteiger partial charge in [0, 0.05) is 42.8 Å². The third kappa shape index (κ3) is 3.30. The summed E-state index contributed by atoms with van der Waals surface area (Å²) in [6, 6.07) is 4.53. The Labute approximate surface area is 131 Å². The first-order valence-electron chi connectivity index (χ1n) is 8.08. The second-order valence-electron chi connectivity index (χ2n) is 5.85. The van der Waals surface area contributed by atoms with Crippen molar-refractivity contribution in [2.24, 2.45) is 0 Å². The van der Waals surface area contributed by atoms with Crippen LogP contribution >= 0.6 is 0 Å². The van der Waals surface area contributed by atoms with Crippen LogP contribution in [-0.2, 0) is 6.54 Å². The minimum absolute atomic E-state index is 0.595. The van der Waals surface area contributed by atoms with E-state index in [1.807, 2.05) is 31.5 Å². The fourth-order valence-electron chi connectivity index (χ4n) is 3.06. The molecule has 1 atom stereocenters. The van der Waals surface area contributed by atoms with Crippen LogP contribution in [0.3, 0.4) is 0 Å². The molecule has 0 radical (unpaired) electrons. The van der Waals surface area contributed by atoms with Gasteiger partial charge in [-0.2, -0.15) is 0 Å². The van der Waals surface area contributed by atoms with Crippen molar-refractivity contribution in [3.05, 3.63) is 30.7 Å². The van der Waals surface area contributed by atoms with Gasteiger partial charge in [0.05, 0.1) is 6.61 Å². The van der Waals surface area contributed by atoms with Crippen molar-refractivity contribution in [3.8, 4) is 17.3 Å². The lowest BCUT2D eigenvalue weighted by atomic mass is 10.0. The number of nitrogens with zero attached hydrogens (tertiary/aromatic N) is 4. The van der Waals surface area contributed by atoms with Crippen molar-refractivity contribution < 1.29 is 4.74 Å². The van der Waals surface area contributed by atoms with Crippen LogP contribution in [0.15, 0.2) is 30.7 Å². The summed E-state index contributed by atoms with van der Waals surface area (Å²) in [5.74, 6) is 1.64. The molecule has 5 nitrogen and oxygen atoms in total. The Morgan fingerprint density at radius 2 is 2.18 bits per heavy atom. The highest BCUT2D eigenvalue weighted by Crippen LogP contribution is 2.22. The Morgan fingerprint density at radius 1 is 1.27 bits per heavy atom. The molecule has 0 spiro atoms. The molecule has 0 amide bonds. The zero-order valence-corrected chi connectivity index (χ0v) is 13.4. The van der Waals surface area contributed by atoms with Crippen LogP contribution in [0.5, 0.6) is 5.88 Å². The van der Waals surface area contributed by atoms with Crippen LogP contribution in [0.2, 0.25) is 0 Å². The zero-order valence-electron chi connectivity index (χ0n) is 13.4. The number of likely N-dealkylation sites (tertiary alicyclic amines) is 1. The average Bonchev–Trinajstić information content (AvgIpc) is 2.99. The summed E-state index contributed by atoms with van der Waals surface area (Å²) in [5, 5.41) is 0. The molecule has 118 valence electrons. The van der Waals surface area contributed by atoms with Crippen LogP contribution in [0.25, 0.3) is 11.4 Å². The first-order chi connectivity index (χ1) is 10.8. The van der Waals surface area contributed by atoms with E-state index in [1.54, 1.807) is 0 Å². The standard InChI is InChI=1S/C17H24N4O/c1-3-22-16-8-7-14(12-19-16)17-18-9-11-21(17)13-15-6-4-5-10-20(15)2/h7-9,11-12,15H,3-6,10,13H2,1-2H3. The summed E-state index contributed by atoms with van der Waals surface area (Å²) >= 11 is 0. The second-order valence-corrected chi connectivity index (χ2v) is 5.85. The molecule has 0 saturated carbocycles. The van der Waals surface area contributed by atoms with Crippen molar-refractivity contribution in [2.75, 3.05) is 20.2 Å². The minimum atomic E-state index is 0.595. The summed E-state index contributed by atoms with van der Waals surface area (Å²) in [7, 11) is 2.22. The highest BCUT2D eigenvalue weighted by atomic mass is 16.5. The van der Waals surface area contributed by atoms with Gasteiger partial charge in [-0.15, -0.1) is 0 Å². The molecule has 2 aromatic heterocycles. The van der Waals surface area contributed by atoms with E-state index in [9.17, 15) is 0 Å². The fourth-order valence-corrected chi connectivity index (χ4v) is 3.06. The Morgan fingerprint density at radius 3 is 2.91 bits per heavy atom. The average molecular weight is 300 g/mol. The van der Waals surface area contributed by atoms with Crippen LogP contribution < -0.4 is 4.74 Å². The number of imidazole rings is 1. The molecule has 3 heterocycles. The van der Waals surface area contributed by atoms with Gasteiger partial charge in [-0.05, 0) is 39.4 Å². The molecule has 0 aromatic carbocycles. The lowest BCUT2D eigenvalue weighted by Crippen LogP contribution is -2.39. The van der Waals surface area contributed by atoms with Gasteiger partial charge in [-0.25, -0.2) is 9.97 Å². The summed E-state index contributed by atoms with van der Waals surface area (Å²) in [5.41, 5.74) is 1.03. The lowest BCUT2D eigenvalue weighted by molar-refractivity contribution is 0.168. The number of ether oxygens (including phenoxy) is 1. The Kier molecular flexibility index (Phi) is 4.73. The van der Waals surface area contributed by atoms with Crippen molar-refractivity contribution in [2.45, 2.75) is 38.8 Å². The number of piperidine rings is 1. The van der Waals surface area contributed by atoms with Crippen molar-refractivity contribution in [3.63, 3.8) is 0 Å². The number of rotatable bonds is 5. The molecule has 1 unspecified atom stereocenters. The summed E-state index contributed by atoms with van der Waals surface area (Å²) in [4.78, 5) is 11.3. The molecular weight excluding hydrogens is 276 g/mol. The highest BCUT2D eigenvalue weighted by Gasteiger charge is 2.20. The van der Waals surface area contributed by atoms with Gasteiger partial charge in [-0.3, -0.25) is 0 Å². The van der Waals surface area contributed by atoms with Crippen molar-refractivity contribution in [1.29, 1.82) is 0 Å². The number of pyridine rings is 1. The van der Waals surface area contributed by atoms with Gasteiger partial charge >= 0.3 is 0 Å². The van der Waals surface area contributed by atoms with Crippen LogP contribution in [0.1, 0.15) is 26.2 Å². The molecule has 1 aliphatic heterocycles. The highest BCUT2D eigenvalue weighted by molar-refractivity contribution is 5.54. The van der Waals surface area contributed by atoms with E-state index in [2.05, 4.69) is 32.7 Å². The minimum Gasteiger partial charge on any atom is -0.478 e. The first-order valence-corrected chi connectivity index (χ1v) is 8.08. The summed E-state index contributed by atoms with van der Waals surface area (Å²) in [6.07, 6.45) is 9.67. The summed E-state index contributed by atoms with van der Waals surface area (Å²) in [6.45, 7) is 4.77. The van der Waals surface area contributed by atoms with E-state index in [4.69, 9.17) is 4.74 Å². The smallest absolute Gasteiger partial charge is 0.213 e. The molecule has 5 heteroatoms. The van der Waals surface area contributed by atoms with Gasteiger partial charge in [0.25, 0.3) is 0 Å². The molecular formula is C17H24N4O. The maximum atomic E-state index is 5.40. The van der Waals surface area contributed by atoms with E-state index in [-0.39, 0.29) is 0 Å². The number of likely N-dealkylation sites (N-methyl/N-ethyl adjacent to an activating group) is 1. The zero-order chi connectivity index (χ0) is 15.4. The molecule has 22 heavy (non-hydrogen) atoms. The predicted molar refractivity (Wildman–Crippen MR) is 86.9 cm³/mol. The molecule has 2 aromatic rings. The number of hydrogen-bond donors (Lipinski definition) is 0. The molecule has 0 bridgehead atoms. The fraction of sp³-hybridized carbons (Fsp3) is 0.529. The topological polar surface area (TPSA) is 43.2 Å². The quantitative estimate of drug-likeness (QED) is 0.851. The molecule has 3 rings (SSSR count). The maximum Gasteiger partial charge on any atom is 0.213 e. The largest absolute Gasteiger partial charge is 0.478 e.